The minimum atomic E-state index is -0.0849. The summed E-state index contributed by atoms with van der Waals surface area (Å²) >= 11 is 3.40. The molecule has 0 saturated carbocycles. The van der Waals surface area contributed by atoms with Crippen molar-refractivity contribution in [3.05, 3.63) is 48.4 Å². The van der Waals surface area contributed by atoms with Crippen LogP contribution in [0.25, 0.3) is 0 Å². The zero-order valence-corrected chi connectivity index (χ0v) is 13.2. The van der Waals surface area contributed by atoms with Crippen molar-refractivity contribution in [2.24, 2.45) is 0 Å². The van der Waals surface area contributed by atoms with Gasteiger partial charge >= 0.3 is 6.03 Å². The van der Waals surface area contributed by atoms with E-state index in [1.54, 1.807) is 29.8 Å². The van der Waals surface area contributed by atoms with Crippen molar-refractivity contribution < 1.29 is 9.21 Å². The topological polar surface area (TPSA) is 45.5 Å². The summed E-state index contributed by atoms with van der Waals surface area (Å²) in [7, 11) is 0. The molecule has 1 aliphatic rings. The fraction of sp³-hybridized carbons (Fsp3) is 0.267. The normalized spacial score (nSPS) is 18.0. The predicted molar refractivity (Wildman–Crippen MR) is 87.9 cm³/mol. The molecule has 0 aliphatic carbocycles. The van der Waals surface area contributed by atoms with Crippen LogP contribution in [-0.2, 0) is 0 Å². The largest absolute Gasteiger partial charge is 0.466 e. The Labute approximate surface area is 132 Å². The van der Waals surface area contributed by atoms with Gasteiger partial charge in [0.05, 0.1) is 6.26 Å². The minimum absolute atomic E-state index is 0.0366. The standard InChI is InChI=1S/C15H16N2O2S2/c1-20-12-6-4-11(5-7-12)16-15(18)17-8-10-21-14(17)13-3-2-9-19-13/h2-7,9,14H,8,10H2,1H3,(H,16,18). The van der Waals surface area contributed by atoms with Crippen molar-refractivity contribution in [1.82, 2.24) is 4.90 Å². The summed E-state index contributed by atoms with van der Waals surface area (Å²) in [5.41, 5.74) is 0.813. The highest BCUT2D eigenvalue weighted by Gasteiger charge is 2.32. The molecule has 1 fully saturated rings. The van der Waals surface area contributed by atoms with E-state index >= 15 is 0 Å². The van der Waals surface area contributed by atoms with Gasteiger partial charge in [0.15, 0.2) is 0 Å². The van der Waals surface area contributed by atoms with Gasteiger partial charge in [0.2, 0.25) is 0 Å². The van der Waals surface area contributed by atoms with Crippen molar-refractivity contribution in [3.63, 3.8) is 0 Å². The molecule has 4 nitrogen and oxygen atoms in total. The van der Waals surface area contributed by atoms with E-state index in [4.69, 9.17) is 4.42 Å². The molecule has 1 atom stereocenters. The molecule has 1 aliphatic heterocycles. The van der Waals surface area contributed by atoms with Gasteiger partial charge in [-0.05, 0) is 42.7 Å². The molecular formula is C15H16N2O2S2. The first-order valence-corrected chi connectivity index (χ1v) is 8.92. The van der Waals surface area contributed by atoms with Gasteiger partial charge in [-0.15, -0.1) is 23.5 Å². The zero-order valence-electron chi connectivity index (χ0n) is 11.6. The summed E-state index contributed by atoms with van der Waals surface area (Å²) in [6, 6.07) is 11.5. The smallest absolute Gasteiger partial charge is 0.323 e. The molecule has 1 saturated heterocycles. The number of rotatable bonds is 3. The third-order valence-corrected chi connectivity index (χ3v) is 5.24. The average Bonchev–Trinajstić information content (AvgIpc) is 3.18. The first kappa shape index (κ1) is 14.4. The lowest BCUT2D eigenvalue weighted by atomic mass is 10.3. The number of hydrogen-bond acceptors (Lipinski definition) is 4. The number of thioether (sulfide) groups is 2. The van der Waals surface area contributed by atoms with E-state index in [0.29, 0.717) is 0 Å². The Kier molecular flexibility index (Phi) is 4.45. The van der Waals surface area contributed by atoms with Crippen LogP contribution >= 0.6 is 23.5 Å². The average molecular weight is 320 g/mol. The lowest BCUT2D eigenvalue weighted by Crippen LogP contribution is -2.34. The summed E-state index contributed by atoms with van der Waals surface area (Å²) in [5, 5.41) is 2.91. The van der Waals surface area contributed by atoms with Crippen molar-refractivity contribution >= 4 is 35.2 Å². The predicted octanol–water partition coefficient (Wildman–Crippen LogP) is 4.28. The van der Waals surface area contributed by atoms with E-state index in [9.17, 15) is 4.79 Å². The molecule has 21 heavy (non-hydrogen) atoms. The summed E-state index contributed by atoms with van der Waals surface area (Å²) in [5.74, 6) is 1.75. The van der Waals surface area contributed by atoms with Crippen LogP contribution in [-0.4, -0.2) is 29.5 Å². The van der Waals surface area contributed by atoms with Gasteiger partial charge in [-0.3, -0.25) is 0 Å². The summed E-state index contributed by atoms with van der Waals surface area (Å²) < 4.78 is 5.43. The Bertz CT molecular complexity index is 599. The van der Waals surface area contributed by atoms with Gasteiger partial charge in [0.1, 0.15) is 11.1 Å². The zero-order chi connectivity index (χ0) is 14.7. The van der Waals surface area contributed by atoms with Crippen LogP contribution in [0.3, 0.4) is 0 Å². The molecule has 6 heteroatoms. The van der Waals surface area contributed by atoms with Gasteiger partial charge in [0, 0.05) is 22.9 Å². The van der Waals surface area contributed by atoms with Crippen molar-refractivity contribution in [3.8, 4) is 0 Å². The number of hydrogen-bond donors (Lipinski definition) is 1. The Morgan fingerprint density at radius 3 is 2.86 bits per heavy atom. The Hall–Kier alpha value is -1.53. The van der Waals surface area contributed by atoms with Gasteiger partial charge in [-0.1, -0.05) is 0 Å². The minimum Gasteiger partial charge on any atom is -0.466 e. The number of amides is 2. The van der Waals surface area contributed by atoms with Crippen LogP contribution in [0.2, 0.25) is 0 Å². The van der Waals surface area contributed by atoms with Crippen LogP contribution in [0.5, 0.6) is 0 Å². The number of benzene rings is 1. The highest BCUT2D eigenvalue weighted by Crippen LogP contribution is 2.38. The molecule has 2 aromatic rings. The Morgan fingerprint density at radius 2 is 2.19 bits per heavy atom. The molecular weight excluding hydrogens is 304 g/mol. The number of carbonyl (C=O) groups excluding carboxylic acids is 1. The first-order valence-electron chi connectivity index (χ1n) is 6.64. The molecule has 110 valence electrons. The maximum atomic E-state index is 12.4. The summed E-state index contributed by atoms with van der Waals surface area (Å²) in [6.45, 7) is 0.727. The van der Waals surface area contributed by atoms with Gasteiger partial charge in [-0.25, -0.2) is 4.79 Å². The molecule has 0 radical (unpaired) electrons. The summed E-state index contributed by atoms with van der Waals surface area (Å²) in [6.07, 6.45) is 3.68. The molecule has 1 unspecified atom stereocenters. The van der Waals surface area contributed by atoms with Crippen LogP contribution < -0.4 is 5.32 Å². The SMILES string of the molecule is CSc1ccc(NC(=O)N2CCSC2c2ccco2)cc1. The van der Waals surface area contributed by atoms with Crippen LogP contribution in [0.15, 0.2) is 52.0 Å². The van der Waals surface area contributed by atoms with Crippen molar-refractivity contribution in [1.29, 1.82) is 0 Å². The molecule has 3 rings (SSSR count). The molecule has 1 aromatic carbocycles. The molecule has 2 heterocycles. The van der Waals surface area contributed by atoms with Crippen molar-refractivity contribution in [2.75, 3.05) is 23.9 Å². The van der Waals surface area contributed by atoms with E-state index in [2.05, 4.69) is 5.32 Å². The van der Waals surface area contributed by atoms with E-state index in [1.807, 2.05) is 47.6 Å². The highest BCUT2D eigenvalue weighted by molar-refractivity contribution is 7.99. The Balaban J connectivity index is 1.69. The van der Waals surface area contributed by atoms with Gasteiger partial charge < -0.3 is 14.6 Å². The number of nitrogens with one attached hydrogen (secondary N) is 1. The third kappa shape index (κ3) is 3.22. The third-order valence-electron chi connectivity index (χ3n) is 3.28. The van der Waals surface area contributed by atoms with Gasteiger partial charge in [-0.2, -0.15) is 0 Å². The number of anilines is 1. The molecule has 1 aromatic heterocycles. The van der Waals surface area contributed by atoms with E-state index in [1.165, 1.54) is 4.90 Å². The number of nitrogens with zero attached hydrogens (tertiary/aromatic N) is 1. The molecule has 1 N–H and O–H groups in total. The number of furan rings is 1. The monoisotopic (exact) mass is 320 g/mol. The lowest BCUT2D eigenvalue weighted by Gasteiger charge is -2.22. The fourth-order valence-electron chi connectivity index (χ4n) is 2.22. The fourth-order valence-corrected chi connectivity index (χ4v) is 3.83. The number of carbonyl (C=O) groups is 1. The van der Waals surface area contributed by atoms with Gasteiger partial charge in [0.25, 0.3) is 0 Å². The first-order chi connectivity index (χ1) is 10.3. The van der Waals surface area contributed by atoms with E-state index in [-0.39, 0.29) is 11.4 Å². The van der Waals surface area contributed by atoms with E-state index in [0.717, 1.165) is 23.7 Å². The van der Waals surface area contributed by atoms with Crippen LogP contribution in [0.1, 0.15) is 11.1 Å². The van der Waals surface area contributed by atoms with E-state index < -0.39 is 0 Å². The molecule has 0 bridgehead atoms. The lowest BCUT2D eigenvalue weighted by molar-refractivity contribution is 0.210. The molecule has 2 amide bonds. The molecule has 0 spiro atoms. The maximum Gasteiger partial charge on any atom is 0.323 e. The van der Waals surface area contributed by atoms with Crippen LogP contribution in [0, 0.1) is 0 Å². The van der Waals surface area contributed by atoms with Crippen molar-refractivity contribution in [2.45, 2.75) is 10.3 Å². The number of urea groups is 1. The second-order valence-electron chi connectivity index (χ2n) is 4.59. The maximum absolute atomic E-state index is 12.4. The second-order valence-corrected chi connectivity index (χ2v) is 6.66. The Morgan fingerprint density at radius 1 is 1.38 bits per heavy atom. The van der Waals surface area contributed by atoms with Crippen LogP contribution in [0.4, 0.5) is 10.5 Å². The highest BCUT2D eigenvalue weighted by atomic mass is 32.2. The second kappa shape index (κ2) is 6.49. The quantitative estimate of drug-likeness (QED) is 0.857. The summed E-state index contributed by atoms with van der Waals surface area (Å²) in [4.78, 5) is 15.4.